The van der Waals surface area contributed by atoms with E-state index >= 15 is 4.39 Å². The summed E-state index contributed by atoms with van der Waals surface area (Å²) in [6.07, 6.45) is 4.62. The third-order valence-electron chi connectivity index (χ3n) is 5.44. The zero-order chi connectivity index (χ0) is 20.9. The lowest BCUT2D eigenvalue weighted by molar-refractivity contribution is 0.306. The highest BCUT2D eigenvalue weighted by Gasteiger charge is 2.16. The molecule has 0 unspecified atom stereocenters. The van der Waals surface area contributed by atoms with Crippen molar-refractivity contribution in [3.05, 3.63) is 72.5 Å². The molecule has 0 radical (unpaired) electrons. The third-order valence-corrected chi connectivity index (χ3v) is 5.44. The highest BCUT2D eigenvalue weighted by Crippen LogP contribution is 2.35. The predicted molar refractivity (Wildman–Crippen MR) is 121 cm³/mol. The molecule has 0 saturated carbocycles. The van der Waals surface area contributed by atoms with Gasteiger partial charge < -0.3 is 4.74 Å². The van der Waals surface area contributed by atoms with E-state index in [0.29, 0.717) is 17.9 Å². The molecule has 30 heavy (non-hydrogen) atoms. The Morgan fingerprint density at radius 3 is 2.53 bits per heavy atom. The van der Waals surface area contributed by atoms with E-state index in [0.717, 1.165) is 34.2 Å². The van der Waals surface area contributed by atoms with Gasteiger partial charge in [-0.15, -0.1) is 0 Å². The fraction of sp³-hybridized carbons (Fsp3) is 0.269. The highest BCUT2D eigenvalue weighted by atomic mass is 19.1. The molecule has 1 aromatic heterocycles. The first-order valence-corrected chi connectivity index (χ1v) is 10.6. The topological polar surface area (TPSA) is 27.1 Å². The number of unbranched alkanes of at least 4 members (excludes halogenated alkanes) is 3. The second kappa shape index (κ2) is 9.12. The average molecular weight is 403 g/mol. The molecule has 0 fully saturated rings. The summed E-state index contributed by atoms with van der Waals surface area (Å²) in [4.78, 5) is 0. The van der Waals surface area contributed by atoms with Crippen molar-refractivity contribution < 1.29 is 9.13 Å². The van der Waals surface area contributed by atoms with E-state index in [1.54, 1.807) is 10.7 Å². The van der Waals surface area contributed by atoms with Crippen molar-refractivity contribution in [3.8, 4) is 28.1 Å². The number of nitrogens with zero attached hydrogens (tertiary/aromatic N) is 2. The molecule has 4 aromatic rings. The maximum Gasteiger partial charge on any atom is 0.133 e. The van der Waals surface area contributed by atoms with Gasteiger partial charge in [-0.1, -0.05) is 68.7 Å². The van der Waals surface area contributed by atoms with Gasteiger partial charge in [0, 0.05) is 23.6 Å². The van der Waals surface area contributed by atoms with E-state index in [9.17, 15) is 0 Å². The number of ether oxygens (including phenoxy) is 1. The standard InChI is InChI=1S/C26H27FN2O/c1-3-4-5-10-17-30-25-14-9-7-11-20(25)19-15-16-21(23(27)18-19)26-22-12-6-8-13-24(22)29(2)28-26/h6-9,11-16,18H,3-5,10,17H2,1-2H3. The summed E-state index contributed by atoms with van der Waals surface area (Å²) in [7, 11) is 1.88. The van der Waals surface area contributed by atoms with Gasteiger partial charge in [-0.05, 0) is 36.2 Å². The minimum absolute atomic E-state index is 0.283. The van der Waals surface area contributed by atoms with Crippen LogP contribution in [0.5, 0.6) is 5.75 Å². The molecule has 154 valence electrons. The number of benzene rings is 3. The fourth-order valence-corrected chi connectivity index (χ4v) is 3.83. The van der Waals surface area contributed by atoms with Crippen LogP contribution in [0.2, 0.25) is 0 Å². The van der Waals surface area contributed by atoms with Crippen molar-refractivity contribution in [1.82, 2.24) is 9.78 Å². The Labute approximate surface area is 177 Å². The van der Waals surface area contributed by atoms with Crippen LogP contribution in [-0.4, -0.2) is 16.4 Å². The largest absolute Gasteiger partial charge is 0.493 e. The van der Waals surface area contributed by atoms with Gasteiger partial charge in [0.2, 0.25) is 0 Å². The second-order valence-corrected chi connectivity index (χ2v) is 7.59. The number of halogens is 1. The Bertz CT molecular complexity index is 1150. The monoisotopic (exact) mass is 402 g/mol. The van der Waals surface area contributed by atoms with Gasteiger partial charge in [0.25, 0.3) is 0 Å². The van der Waals surface area contributed by atoms with E-state index in [4.69, 9.17) is 4.74 Å². The van der Waals surface area contributed by atoms with Crippen LogP contribution < -0.4 is 4.74 Å². The van der Waals surface area contributed by atoms with Gasteiger partial charge in [-0.25, -0.2) is 4.39 Å². The lowest BCUT2D eigenvalue weighted by Gasteiger charge is -2.12. The van der Waals surface area contributed by atoms with Crippen LogP contribution in [0.3, 0.4) is 0 Å². The number of hydrogen-bond donors (Lipinski definition) is 0. The van der Waals surface area contributed by atoms with Crippen LogP contribution in [0.15, 0.2) is 66.7 Å². The van der Waals surface area contributed by atoms with Crippen molar-refractivity contribution in [2.45, 2.75) is 32.6 Å². The van der Waals surface area contributed by atoms with E-state index in [1.807, 2.05) is 67.7 Å². The maximum atomic E-state index is 15.2. The molecular formula is C26H27FN2O. The van der Waals surface area contributed by atoms with Gasteiger partial charge in [-0.3, -0.25) is 4.68 Å². The SMILES string of the molecule is CCCCCCOc1ccccc1-c1ccc(-c2nn(C)c3ccccc23)c(F)c1. The van der Waals surface area contributed by atoms with Crippen LogP contribution >= 0.6 is 0 Å². The minimum atomic E-state index is -0.283. The molecule has 4 rings (SSSR count). The van der Waals surface area contributed by atoms with Crippen molar-refractivity contribution in [1.29, 1.82) is 0 Å². The Kier molecular flexibility index (Phi) is 6.12. The lowest BCUT2D eigenvalue weighted by atomic mass is 10.00. The second-order valence-electron chi connectivity index (χ2n) is 7.59. The van der Waals surface area contributed by atoms with Crippen LogP contribution in [-0.2, 0) is 7.05 Å². The number of hydrogen-bond acceptors (Lipinski definition) is 2. The molecule has 0 saturated heterocycles. The first-order chi connectivity index (χ1) is 14.7. The summed E-state index contributed by atoms with van der Waals surface area (Å²) < 4.78 is 23.0. The summed E-state index contributed by atoms with van der Waals surface area (Å²) in [6, 6.07) is 21.1. The predicted octanol–water partition coefficient (Wildman–Crippen LogP) is 7.01. The van der Waals surface area contributed by atoms with Gasteiger partial charge in [-0.2, -0.15) is 5.10 Å². The molecule has 4 heteroatoms. The van der Waals surface area contributed by atoms with E-state index in [2.05, 4.69) is 12.0 Å². The van der Waals surface area contributed by atoms with Crippen molar-refractivity contribution in [2.24, 2.45) is 7.05 Å². The zero-order valence-corrected chi connectivity index (χ0v) is 17.6. The van der Waals surface area contributed by atoms with Crippen molar-refractivity contribution >= 4 is 10.9 Å². The molecule has 0 amide bonds. The first kappa shape index (κ1) is 20.1. The van der Waals surface area contributed by atoms with Crippen molar-refractivity contribution in [3.63, 3.8) is 0 Å². The number of aromatic nitrogens is 2. The van der Waals surface area contributed by atoms with E-state index in [1.165, 1.54) is 19.3 Å². The van der Waals surface area contributed by atoms with Gasteiger partial charge in [0.15, 0.2) is 0 Å². The Hall–Kier alpha value is -3.14. The summed E-state index contributed by atoms with van der Waals surface area (Å²) in [5, 5.41) is 5.50. The van der Waals surface area contributed by atoms with Gasteiger partial charge in [0.05, 0.1) is 12.1 Å². The third kappa shape index (κ3) is 4.09. The summed E-state index contributed by atoms with van der Waals surface area (Å²) >= 11 is 0. The van der Waals surface area contributed by atoms with Crippen LogP contribution in [0.4, 0.5) is 4.39 Å². The van der Waals surface area contributed by atoms with Gasteiger partial charge in [0.1, 0.15) is 17.3 Å². The number of fused-ring (bicyclic) bond motifs is 1. The molecule has 0 aliphatic rings. The summed E-state index contributed by atoms with van der Waals surface area (Å²) in [5.74, 6) is 0.513. The zero-order valence-electron chi connectivity index (χ0n) is 17.6. The van der Waals surface area contributed by atoms with Crippen LogP contribution in [0.25, 0.3) is 33.3 Å². The Morgan fingerprint density at radius 1 is 0.900 bits per heavy atom. The molecule has 0 spiro atoms. The lowest BCUT2D eigenvalue weighted by Crippen LogP contribution is -1.99. The Morgan fingerprint density at radius 2 is 1.70 bits per heavy atom. The average Bonchev–Trinajstić information content (AvgIpc) is 3.10. The number of para-hydroxylation sites is 2. The fourth-order valence-electron chi connectivity index (χ4n) is 3.83. The molecule has 0 atom stereocenters. The molecule has 0 aliphatic carbocycles. The molecule has 3 nitrogen and oxygen atoms in total. The number of rotatable bonds is 8. The highest BCUT2D eigenvalue weighted by molar-refractivity contribution is 5.93. The van der Waals surface area contributed by atoms with E-state index < -0.39 is 0 Å². The number of aryl methyl sites for hydroxylation is 1. The van der Waals surface area contributed by atoms with Crippen LogP contribution in [0.1, 0.15) is 32.6 Å². The van der Waals surface area contributed by atoms with E-state index in [-0.39, 0.29) is 5.82 Å². The molecule has 0 N–H and O–H groups in total. The normalized spacial score (nSPS) is 11.2. The summed E-state index contributed by atoms with van der Waals surface area (Å²) in [6.45, 7) is 2.87. The van der Waals surface area contributed by atoms with Crippen LogP contribution in [0, 0.1) is 5.82 Å². The van der Waals surface area contributed by atoms with Crippen molar-refractivity contribution in [2.75, 3.05) is 6.61 Å². The molecule has 3 aromatic carbocycles. The molecule has 0 aliphatic heterocycles. The molecular weight excluding hydrogens is 375 g/mol. The maximum absolute atomic E-state index is 15.2. The van der Waals surface area contributed by atoms with Gasteiger partial charge >= 0.3 is 0 Å². The summed E-state index contributed by atoms with van der Waals surface area (Å²) in [5.41, 5.74) is 3.87. The quantitative estimate of drug-likeness (QED) is 0.297. The Balaban J connectivity index is 1.63. The smallest absolute Gasteiger partial charge is 0.133 e. The minimum Gasteiger partial charge on any atom is -0.493 e. The molecule has 1 heterocycles. The molecule has 0 bridgehead atoms. The first-order valence-electron chi connectivity index (χ1n) is 10.6.